The summed E-state index contributed by atoms with van der Waals surface area (Å²) in [6.45, 7) is 2.38. The molecule has 0 radical (unpaired) electrons. The molecule has 0 aliphatic heterocycles. The maximum atomic E-state index is 6.07. The fourth-order valence-electron chi connectivity index (χ4n) is 1.93. The van der Waals surface area contributed by atoms with Gasteiger partial charge in [0.25, 0.3) is 0 Å². The zero-order chi connectivity index (χ0) is 16.7. The molecule has 3 N–H and O–H groups in total. The van der Waals surface area contributed by atoms with Crippen molar-refractivity contribution in [3.63, 3.8) is 0 Å². The number of nitrogens with one attached hydrogen (secondary N) is 1. The Kier molecular flexibility index (Phi) is 6.11. The van der Waals surface area contributed by atoms with Crippen molar-refractivity contribution in [2.24, 2.45) is 10.7 Å². The summed E-state index contributed by atoms with van der Waals surface area (Å²) < 4.78 is 10.8. The van der Waals surface area contributed by atoms with E-state index in [4.69, 9.17) is 26.8 Å². The van der Waals surface area contributed by atoms with Gasteiger partial charge in [-0.15, -0.1) is 0 Å². The van der Waals surface area contributed by atoms with E-state index < -0.39 is 0 Å². The molecule has 1 unspecified atom stereocenters. The first-order valence-corrected chi connectivity index (χ1v) is 7.58. The molecule has 0 saturated heterocycles. The van der Waals surface area contributed by atoms with E-state index in [1.54, 1.807) is 19.2 Å². The minimum atomic E-state index is -0.0859. The van der Waals surface area contributed by atoms with Crippen LogP contribution in [0.1, 0.15) is 6.92 Å². The molecular formula is C17H20ClN3O2. The van der Waals surface area contributed by atoms with Crippen molar-refractivity contribution in [3.8, 4) is 11.5 Å². The normalized spacial score (nSPS) is 12.6. The first-order valence-electron chi connectivity index (χ1n) is 7.20. The predicted octanol–water partition coefficient (Wildman–Crippen LogP) is 3.54. The van der Waals surface area contributed by atoms with Gasteiger partial charge in [0, 0.05) is 5.69 Å². The van der Waals surface area contributed by atoms with Crippen LogP contribution >= 0.6 is 11.6 Å². The van der Waals surface area contributed by atoms with Crippen LogP contribution in [-0.4, -0.2) is 25.7 Å². The van der Waals surface area contributed by atoms with Gasteiger partial charge in [-0.25, -0.2) is 4.99 Å². The summed E-state index contributed by atoms with van der Waals surface area (Å²) in [4.78, 5) is 4.27. The smallest absolute Gasteiger partial charge is 0.193 e. The average molecular weight is 334 g/mol. The molecule has 23 heavy (non-hydrogen) atoms. The Morgan fingerprint density at radius 2 is 2.00 bits per heavy atom. The third kappa shape index (κ3) is 5.38. The highest BCUT2D eigenvalue weighted by atomic mass is 35.5. The minimum Gasteiger partial charge on any atom is -0.495 e. The topological polar surface area (TPSA) is 68.9 Å². The zero-order valence-corrected chi connectivity index (χ0v) is 13.9. The van der Waals surface area contributed by atoms with Gasteiger partial charge in [0.05, 0.1) is 18.7 Å². The maximum Gasteiger partial charge on any atom is 0.193 e. The van der Waals surface area contributed by atoms with Gasteiger partial charge in [-0.1, -0.05) is 29.8 Å². The van der Waals surface area contributed by atoms with Crippen molar-refractivity contribution in [1.82, 2.24) is 0 Å². The Bertz CT molecular complexity index is 662. The Hall–Kier alpha value is -2.40. The molecule has 0 spiro atoms. The van der Waals surface area contributed by atoms with Crippen LogP contribution in [0.25, 0.3) is 0 Å². The summed E-state index contributed by atoms with van der Waals surface area (Å²) in [6, 6.07) is 14.9. The van der Waals surface area contributed by atoms with Gasteiger partial charge in [0.2, 0.25) is 0 Å². The van der Waals surface area contributed by atoms with Gasteiger partial charge in [-0.2, -0.15) is 0 Å². The second-order valence-corrected chi connectivity index (χ2v) is 5.35. The highest BCUT2D eigenvalue weighted by Crippen LogP contribution is 2.27. The monoisotopic (exact) mass is 333 g/mol. The third-order valence-electron chi connectivity index (χ3n) is 3.02. The van der Waals surface area contributed by atoms with Gasteiger partial charge in [0.1, 0.15) is 17.6 Å². The molecule has 2 aromatic rings. The van der Waals surface area contributed by atoms with E-state index in [0.29, 0.717) is 23.3 Å². The molecule has 0 saturated carbocycles. The van der Waals surface area contributed by atoms with Crippen LogP contribution in [0.5, 0.6) is 11.5 Å². The molecule has 2 aromatic carbocycles. The number of para-hydroxylation sites is 1. The SMILES string of the molecule is COc1ccc(NC(N)=NCC(C)Oc2ccccc2)cc1Cl. The first-order chi connectivity index (χ1) is 11.1. The number of halogens is 1. The summed E-state index contributed by atoms with van der Waals surface area (Å²) in [5, 5.41) is 3.49. The molecular weight excluding hydrogens is 314 g/mol. The Balaban J connectivity index is 1.88. The molecule has 0 heterocycles. The lowest BCUT2D eigenvalue weighted by Crippen LogP contribution is -2.25. The van der Waals surface area contributed by atoms with Crippen molar-refractivity contribution >= 4 is 23.2 Å². The number of aliphatic imine (C=N–C) groups is 1. The quantitative estimate of drug-likeness (QED) is 0.626. The largest absolute Gasteiger partial charge is 0.495 e. The molecule has 0 aliphatic rings. The van der Waals surface area contributed by atoms with E-state index in [-0.39, 0.29) is 6.10 Å². The lowest BCUT2D eigenvalue weighted by atomic mass is 10.3. The molecule has 6 heteroatoms. The van der Waals surface area contributed by atoms with Crippen LogP contribution in [0.15, 0.2) is 53.5 Å². The fraction of sp³-hybridized carbons (Fsp3) is 0.235. The summed E-state index contributed by atoms with van der Waals surface area (Å²) in [5.41, 5.74) is 6.62. The van der Waals surface area contributed by atoms with Gasteiger partial charge in [-0.3, -0.25) is 0 Å². The highest BCUT2D eigenvalue weighted by molar-refractivity contribution is 6.32. The van der Waals surface area contributed by atoms with Crippen LogP contribution in [0.4, 0.5) is 5.69 Å². The maximum absolute atomic E-state index is 6.07. The Morgan fingerprint density at radius 3 is 2.65 bits per heavy atom. The molecule has 5 nitrogen and oxygen atoms in total. The third-order valence-corrected chi connectivity index (χ3v) is 3.32. The number of rotatable bonds is 6. The van der Waals surface area contributed by atoms with Crippen molar-refractivity contribution < 1.29 is 9.47 Å². The number of anilines is 1. The van der Waals surface area contributed by atoms with E-state index in [9.17, 15) is 0 Å². The van der Waals surface area contributed by atoms with Gasteiger partial charge < -0.3 is 20.5 Å². The van der Waals surface area contributed by atoms with Gasteiger partial charge in [0.15, 0.2) is 5.96 Å². The van der Waals surface area contributed by atoms with Gasteiger partial charge in [-0.05, 0) is 37.3 Å². The number of benzene rings is 2. The standard InChI is InChI=1S/C17H20ClN3O2/c1-12(23-14-6-4-3-5-7-14)11-20-17(19)21-13-8-9-16(22-2)15(18)10-13/h3-10,12H,11H2,1-2H3,(H3,19,20,21). The van der Waals surface area contributed by atoms with Crippen LogP contribution in [-0.2, 0) is 0 Å². The predicted molar refractivity (Wildman–Crippen MR) is 94.6 cm³/mol. The van der Waals surface area contributed by atoms with Crippen LogP contribution in [0.3, 0.4) is 0 Å². The summed E-state index contributed by atoms with van der Waals surface area (Å²) in [7, 11) is 1.57. The molecule has 0 bridgehead atoms. The number of nitrogens with two attached hydrogens (primary N) is 1. The molecule has 0 amide bonds. The van der Waals surface area contributed by atoms with E-state index >= 15 is 0 Å². The zero-order valence-electron chi connectivity index (χ0n) is 13.1. The number of hydrogen-bond donors (Lipinski definition) is 2. The molecule has 0 aromatic heterocycles. The number of methoxy groups -OCH3 is 1. The minimum absolute atomic E-state index is 0.0859. The van der Waals surface area contributed by atoms with Crippen molar-refractivity contribution in [2.45, 2.75) is 13.0 Å². The van der Waals surface area contributed by atoms with Gasteiger partial charge >= 0.3 is 0 Å². The number of ether oxygens (including phenoxy) is 2. The first kappa shape index (κ1) is 17.0. The van der Waals surface area contributed by atoms with Crippen molar-refractivity contribution in [3.05, 3.63) is 53.6 Å². The highest BCUT2D eigenvalue weighted by Gasteiger charge is 2.05. The van der Waals surface area contributed by atoms with E-state index in [1.807, 2.05) is 43.3 Å². The summed E-state index contributed by atoms with van der Waals surface area (Å²) in [6.07, 6.45) is -0.0859. The number of hydrogen-bond acceptors (Lipinski definition) is 3. The molecule has 122 valence electrons. The van der Waals surface area contributed by atoms with Crippen LogP contribution in [0, 0.1) is 0 Å². The van der Waals surface area contributed by atoms with Crippen LogP contribution < -0.4 is 20.5 Å². The van der Waals surface area contributed by atoms with E-state index in [2.05, 4.69) is 10.3 Å². The summed E-state index contributed by atoms with van der Waals surface area (Å²) >= 11 is 6.07. The number of guanidine groups is 1. The fourth-order valence-corrected chi connectivity index (χ4v) is 2.18. The Morgan fingerprint density at radius 1 is 1.26 bits per heavy atom. The second-order valence-electron chi connectivity index (χ2n) is 4.94. The lowest BCUT2D eigenvalue weighted by Gasteiger charge is -2.13. The van der Waals surface area contributed by atoms with E-state index in [0.717, 1.165) is 11.4 Å². The lowest BCUT2D eigenvalue weighted by molar-refractivity contribution is 0.230. The molecule has 2 rings (SSSR count). The molecule has 1 atom stereocenters. The van der Waals surface area contributed by atoms with Crippen molar-refractivity contribution in [1.29, 1.82) is 0 Å². The Labute approximate surface area is 141 Å². The second kappa shape index (κ2) is 8.29. The van der Waals surface area contributed by atoms with Crippen molar-refractivity contribution in [2.75, 3.05) is 19.0 Å². The van der Waals surface area contributed by atoms with Crippen LogP contribution in [0.2, 0.25) is 5.02 Å². The summed E-state index contributed by atoms with van der Waals surface area (Å²) in [5.74, 6) is 1.72. The number of nitrogens with zero attached hydrogens (tertiary/aromatic N) is 1. The average Bonchev–Trinajstić information content (AvgIpc) is 2.54. The molecule has 0 fully saturated rings. The van der Waals surface area contributed by atoms with E-state index in [1.165, 1.54) is 0 Å². The molecule has 0 aliphatic carbocycles.